The first-order valence-corrected chi connectivity index (χ1v) is 11.3. The second-order valence-corrected chi connectivity index (χ2v) is 8.92. The van der Waals surface area contributed by atoms with Gasteiger partial charge in [-0.15, -0.1) is 0 Å². The third-order valence-electron chi connectivity index (χ3n) is 4.19. The molecule has 0 fully saturated rings. The van der Waals surface area contributed by atoms with Crippen LogP contribution in [0.25, 0.3) is 0 Å². The molecule has 0 saturated carbocycles. The molecule has 0 unspecified atom stereocenters. The molecule has 3 aromatic carbocycles. The molecule has 0 heterocycles. The van der Waals surface area contributed by atoms with Crippen molar-refractivity contribution >= 4 is 74.5 Å². The van der Waals surface area contributed by atoms with Crippen molar-refractivity contribution < 1.29 is 14.3 Å². The van der Waals surface area contributed by atoms with E-state index in [-0.39, 0.29) is 17.2 Å². The molecule has 0 saturated heterocycles. The van der Waals surface area contributed by atoms with Gasteiger partial charge in [0.1, 0.15) is 6.61 Å². The highest BCUT2D eigenvalue weighted by Gasteiger charge is 2.13. The Balaban J connectivity index is 1.71. The van der Waals surface area contributed by atoms with E-state index in [1.807, 2.05) is 0 Å². The third-order valence-corrected chi connectivity index (χ3v) is 5.92. The molecule has 0 spiro atoms. The quantitative estimate of drug-likeness (QED) is 0.235. The van der Waals surface area contributed by atoms with Crippen molar-refractivity contribution in [1.82, 2.24) is 5.43 Å². The summed E-state index contributed by atoms with van der Waals surface area (Å²) in [5, 5.41) is 5.70. The van der Waals surface area contributed by atoms with Gasteiger partial charge in [0.25, 0.3) is 5.91 Å². The Kier molecular flexibility index (Phi) is 8.68. The lowest BCUT2D eigenvalue weighted by Gasteiger charge is -2.14. The van der Waals surface area contributed by atoms with E-state index in [4.69, 9.17) is 55.9 Å². The fourth-order valence-electron chi connectivity index (χ4n) is 2.64. The van der Waals surface area contributed by atoms with Gasteiger partial charge in [0.05, 0.1) is 28.4 Å². The van der Waals surface area contributed by atoms with E-state index in [1.54, 1.807) is 36.4 Å². The van der Waals surface area contributed by atoms with Gasteiger partial charge in [-0.25, -0.2) is 5.43 Å². The normalized spacial score (nSPS) is 10.9. The van der Waals surface area contributed by atoms with Crippen LogP contribution in [0, 0.1) is 0 Å². The highest BCUT2D eigenvalue weighted by Crippen LogP contribution is 2.37. The van der Waals surface area contributed by atoms with Gasteiger partial charge in [-0.1, -0.05) is 52.5 Å². The van der Waals surface area contributed by atoms with Crippen molar-refractivity contribution in [3.05, 3.63) is 89.8 Å². The molecule has 0 radical (unpaired) electrons. The van der Waals surface area contributed by atoms with E-state index in [2.05, 4.69) is 26.5 Å². The van der Waals surface area contributed by atoms with Gasteiger partial charge in [-0.3, -0.25) is 4.79 Å². The van der Waals surface area contributed by atoms with Gasteiger partial charge in [-0.2, -0.15) is 5.10 Å². The van der Waals surface area contributed by atoms with E-state index in [9.17, 15) is 4.79 Å². The fraction of sp³-hybridized carbons (Fsp3) is 0.0909. The number of nitrogens with zero attached hydrogens (tertiary/aromatic N) is 1. The van der Waals surface area contributed by atoms with Crippen LogP contribution in [-0.2, 0) is 6.61 Å². The number of carbonyl (C=O) groups excluding carboxylic acids is 1. The molecule has 166 valence electrons. The third kappa shape index (κ3) is 6.30. The summed E-state index contributed by atoms with van der Waals surface area (Å²) in [6.45, 7) is 0.219. The summed E-state index contributed by atoms with van der Waals surface area (Å²) in [4.78, 5) is 12.3. The van der Waals surface area contributed by atoms with E-state index in [1.165, 1.54) is 25.5 Å². The largest absolute Gasteiger partial charge is 0.493 e. The summed E-state index contributed by atoms with van der Waals surface area (Å²) in [5.41, 5.74) is 4.12. The van der Waals surface area contributed by atoms with Crippen LogP contribution >= 0.6 is 62.3 Å². The van der Waals surface area contributed by atoms with Gasteiger partial charge < -0.3 is 9.47 Å². The number of amides is 1. The van der Waals surface area contributed by atoms with Crippen LogP contribution in [0.15, 0.2) is 58.1 Å². The number of halogens is 5. The molecule has 0 atom stereocenters. The number of nitrogens with one attached hydrogen (secondary N) is 1. The number of carbonyl (C=O) groups is 1. The van der Waals surface area contributed by atoms with E-state index >= 15 is 0 Å². The lowest BCUT2D eigenvalue weighted by Crippen LogP contribution is -2.18. The molecule has 3 rings (SSSR count). The van der Waals surface area contributed by atoms with Gasteiger partial charge in [0.15, 0.2) is 11.5 Å². The standard InChI is InChI=1S/C22H15BrCl4N2O3/c1-31-20-7-12(10-28-29-22(30)16-5-4-15(25)9-19(16)27)6-17(23)21(20)32-11-13-2-3-14(24)8-18(13)26/h2-10H,11H2,1H3,(H,29,30)/b28-10-. The second kappa shape index (κ2) is 11.3. The van der Waals surface area contributed by atoms with E-state index < -0.39 is 5.91 Å². The van der Waals surface area contributed by atoms with Crippen LogP contribution in [-0.4, -0.2) is 19.2 Å². The predicted molar refractivity (Wildman–Crippen MR) is 133 cm³/mol. The Morgan fingerprint density at radius 3 is 2.38 bits per heavy atom. The molecule has 1 N–H and O–H groups in total. The number of hydrogen-bond acceptors (Lipinski definition) is 4. The number of hydrazone groups is 1. The predicted octanol–water partition coefficient (Wildman–Crippen LogP) is 7.41. The summed E-state index contributed by atoms with van der Waals surface area (Å²) < 4.78 is 12.0. The van der Waals surface area contributed by atoms with Crippen LogP contribution in [0.1, 0.15) is 21.5 Å². The van der Waals surface area contributed by atoms with Crippen molar-refractivity contribution in [2.24, 2.45) is 5.10 Å². The van der Waals surface area contributed by atoms with Crippen molar-refractivity contribution in [2.45, 2.75) is 6.61 Å². The highest BCUT2D eigenvalue weighted by atomic mass is 79.9. The maximum Gasteiger partial charge on any atom is 0.272 e. The van der Waals surface area contributed by atoms with Crippen LogP contribution in [0.5, 0.6) is 11.5 Å². The van der Waals surface area contributed by atoms with Gasteiger partial charge >= 0.3 is 0 Å². The Labute approximate surface area is 213 Å². The second-order valence-electron chi connectivity index (χ2n) is 6.38. The minimum atomic E-state index is -0.464. The zero-order valence-electron chi connectivity index (χ0n) is 16.5. The molecule has 5 nitrogen and oxygen atoms in total. The summed E-state index contributed by atoms with van der Waals surface area (Å²) in [6, 6.07) is 13.3. The summed E-state index contributed by atoms with van der Waals surface area (Å²) in [5.74, 6) is 0.499. The summed E-state index contributed by atoms with van der Waals surface area (Å²) in [7, 11) is 1.52. The number of methoxy groups -OCH3 is 1. The zero-order chi connectivity index (χ0) is 23.3. The molecule has 1 amide bonds. The van der Waals surface area contributed by atoms with Crippen molar-refractivity contribution in [2.75, 3.05) is 7.11 Å². The van der Waals surface area contributed by atoms with E-state index in [0.29, 0.717) is 36.6 Å². The van der Waals surface area contributed by atoms with Crippen LogP contribution < -0.4 is 14.9 Å². The van der Waals surface area contributed by atoms with Crippen molar-refractivity contribution in [1.29, 1.82) is 0 Å². The lowest BCUT2D eigenvalue weighted by atomic mass is 10.2. The molecule has 10 heteroatoms. The maximum atomic E-state index is 12.3. The molecule has 0 aromatic heterocycles. The minimum Gasteiger partial charge on any atom is -0.493 e. The maximum absolute atomic E-state index is 12.3. The Morgan fingerprint density at radius 2 is 1.72 bits per heavy atom. The number of rotatable bonds is 7. The average molecular weight is 577 g/mol. The molecule has 0 aliphatic rings. The lowest BCUT2D eigenvalue weighted by molar-refractivity contribution is 0.0955. The molecule has 0 bridgehead atoms. The number of benzene rings is 3. The summed E-state index contributed by atoms with van der Waals surface area (Å²) in [6.07, 6.45) is 1.47. The summed E-state index contributed by atoms with van der Waals surface area (Å²) >= 11 is 27.5. The van der Waals surface area contributed by atoms with Crippen LogP contribution in [0.2, 0.25) is 20.1 Å². The Hall–Kier alpha value is -1.96. The minimum absolute atomic E-state index is 0.219. The SMILES string of the molecule is COc1cc(/C=N\NC(=O)c2ccc(Cl)cc2Cl)cc(Br)c1OCc1ccc(Cl)cc1Cl. The molecule has 3 aromatic rings. The first-order valence-electron chi connectivity index (χ1n) is 9.01. The Morgan fingerprint density at radius 1 is 1.03 bits per heavy atom. The monoisotopic (exact) mass is 574 g/mol. The topological polar surface area (TPSA) is 59.9 Å². The first-order chi connectivity index (χ1) is 15.3. The number of ether oxygens (including phenoxy) is 2. The fourth-order valence-corrected chi connectivity index (χ4v) is 4.17. The average Bonchev–Trinajstić information content (AvgIpc) is 2.73. The highest BCUT2D eigenvalue weighted by molar-refractivity contribution is 9.10. The number of hydrogen-bond donors (Lipinski definition) is 1. The zero-order valence-corrected chi connectivity index (χ0v) is 21.1. The van der Waals surface area contributed by atoms with Crippen molar-refractivity contribution in [3.8, 4) is 11.5 Å². The van der Waals surface area contributed by atoms with Gasteiger partial charge in [0, 0.05) is 20.6 Å². The smallest absolute Gasteiger partial charge is 0.272 e. The first kappa shape index (κ1) is 24.7. The van der Waals surface area contributed by atoms with Crippen LogP contribution in [0.4, 0.5) is 0 Å². The van der Waals surface area contributed by atoms with E-state index in [0.717, 1.165) is 5.56 Å². The molecule has 32 heavy (non-hydrogen) atoms. The van der Waals surface area contributed by atoms with Crippen molar-refractivity contribution in [3.63, 3.8) is 0 Å². The molecule has 0 aliphatic heterocycles. The van der Waals surface area contributed by atoms with Gasteiger partial charge in [-0.05, 0) is 64.0 Å². The van der Waals surface area contributed by atoms with Gasteiger partial charge in [0.2, 0.25) is 0 Å². The van der Waals surface area contributed by atoms with Crippen LogP contribution in [0.3, 0.4) is 0 Å². The molecular formula is C22H15BrCl4N2O3. The molecular weight excluding hydrogens is 562 g/mol. The molecule has 0 aliphatic carbocycles. The Bertz CT molecular complexity index is 1190.